The highest BCUT2D eigenvalue weighted by molar-refractivity contribution is 7.09. The quantitative estimate of drug-likeness (QED) is 0.670. The Morgan fingerprint density at radius 3 is 3.17 bits per heavy atom. The van der Waals surface area contributed by atoms with Gasteiger partial charge in [-0.05, 0) is 13.8 Å². The highest BCUT2D eigenvalue weighted by atomic mass is 32.1. The zero-order valence-electron chi connectivity index (χ0n) is 7.03. The van der Waals surface area contributed by atoms with Gasteiger partial charge in [0.1, 0.15) is 17.1 Å². The van der Waals surface area contributed by atoms with Gasteiger partial charge in [-0.25, -0.2) is 4.98 Å². The minimum Gasteiger partial charge on any atom is -0.465 e. The summed E-state index contributed by atoms with van der Waals surface area (Å²) in [7, 11) is 0. The molecule has 1 heterocycles. The van der Waals surface area contributed by atoms with Gasteiger partial charge in [0.25, 0.3) is 0 Å². The molecule has 4 heteroatoms. The van der Waals surface area contributed by atoms with E-state index in [9.17, 15) is 4.79 Å². The molecule has 0 fully saturated rings. The van der Waals surface area contributed by atoms with Crippen LogP contribution in [0.25, 0.3) is 0 Å². The summed E-state index contributed by atoms with van der Waals surface area (Å²) in [6, 6.07) is 0. The van der Waals surface area contributed by atoms with Crippen LogP contribution in [-0.4, -0.2) is 17.6 Å². The Kier molecular flexibility index (Phi) is 3.22. The van der Waals surface area contributed by atoms with Crippen LogP contribution in [0.4, 0.5) is 0 Å². The highest BCUT2D eigenvalue weighted by Gasteiger charge is 2.18. The minimum atomic E-state index is -0.263. The maximum atomic E-state index is 11.2. The van der Waals surface area contributed by atoms with Crippen LogP contribution in [0.15, 0.2) is 5.38 Å². The molecule has 12 heavy (non-hydrogen) atoms. The van der Waals surface area contributed by atoms with Gasteiger partial charge in [-0.1, -0.05) is 0 Å². The molecule has 0 aliphatic heterocycles. The van der Waals surface area contributed by atoms with Crippen LogP contribution in [0.5, 0.6) is 0 Å². The second kappa shape index (κ2) is 4.21. The molecule has 0 saturated heterocycles. The number of hydrogen-bond acceptors (Lipinski definition) is 4. The molecular formula is C8H10NO2S. The first kappa shape index (κ1) is 9.19. The van der Waals surface area contributed by atoms with Crippen molar-refractivity contribution < 1.29 is 9.53 Å². The topological polar surface area (TPSA) is 39.2 Å². The van der Waals surface area contributed by atoms with Crippen molar-refractivity contribution in [1.82, 2.24) is 4.98 Å². The number of carbonyl (C=O) groups is 1. The molecule has 65 valence electrons. The lowest BCUT2D eigenvalue weighted by atomic mass is 10.2. The standard InChI is InChI=1S/C8H10NO2S/c1-3-11-8(10)6(2)7-9-4-5-12-7/h5-6H,3H2,1-2H3. The molecule has 0 N–H and O–H groups in total. The fourth-order valence-electron chi connectivity index (χ4n) is 0.770. The predicted molar refractivity (Wildman–Crippen MR) is 46.0 cm³/mol. The maximum absolute atomic E-state index is 11.2. The van der Waals surface area contributed by atoms with Crippen LogP contribution in [0, 0.1) is 6.20 Å². The van der Waals surface area contributed by atoms with Crippen molar-refractivity contribution in [1.29, 1.82) is 0 Å². The van der Waals surface area contributed by atoms with Gasteiger partial charge in [-0.2, -0.15) is 0 Å². The third kappa shape index (κ3) is 2.04. The Morgan fingerprint density at radius 2 is 2.67 bits per heavy atom. The van der Waals surface area contributed by atoms with Crippen LogP contribution in [0.1, 0.15) is 24.8 Å². The zero-order valence-corrected chi connectivity index (χ0v) is 7.85. The third-order valence-electron chi connectivity index (χ3n) is 1.42. The average Bonchev–Trinajstić information content (AvgIpc) is 2.55. The molecule has 0 amide bonds. The van der Waals surface area contributed by atoms with Crippen molar-refractivity contribution in [3.8, 4) is 0 Å². The van der Waals surface area contributed by atoms with Crippen molar-refractivity contribution in [2.24, 2.45) is 0 Å². The van der Waals surface area contributed by atoms with Gasteiger partial charge in [0.2, 0.25) is 0 Å². The van der Waals surface area contributed by atoms with E-state index in [-0.39, 0.29) is 11.9 Å². The molecule has 0 saturated carbocycles. The molecule has 0 bridgehead atoms. The summed E-state index contributed by atoms with van der Waals surface area (Å²) in [6.45, 7) is 3.99. The second-order valence-electron chi connectivity index (χ2n) is 2.29. The Balaban J connectivity index is 2.59. The molecule has 0 spiro atoms. The smallest absolute Gasteiger partial charge is 0.315 e. The van der Waals surface area contributed by atoms with E-state index in [1.807, 2.05) is 0 Å². The predicted octanol–water partition coefficient (Wildman–Crippen LogP) is 1.61. The number of carbonyl (C=O) groups excluding carboxylic acids is 1. The summed E-state index contributed by atoms with van der Waals surface area (Å²) in [5.74, 6) is -0.484. The Bertz CT molecular complexity index is 246. The van der Waals surface area contributed by atoms with Crippen LogP contribution in [-0.2, 0) is 9.53 Å². The largest absolute Gasteiger partial charge is 0.465 e. The Hall–Kier alpha value is -0.900. The van der Waals surface area contributed by atoms with Gasteiger partial charge in [0.15, 0.2) is 0 Å². The van der Waals surface area contributed by atoms with Crippen LogP contribution < -0.4 is 0 Å². The first-order valence-corrected chi connectivity index (χ1v) is 4.61. The third-order valence-corrected chi connectivity index (χ3v) is 2.33. The number of aromatic nitrogens is 1. The molecule has 1 unspecified atom stereocenters. The Labute approximate surface area is 75.4 Å². The number of rotatable bonds is 3. The van der Waals surface area contributed by atoms with Gasteiger partial charge in [-0.15, -0.1) is 11.3 Å². The minimum absolute atomic E-state index is 0.221. The van der Waals surface area contributed by atoms with Gasteiger partial charge >= 0.3 is 5.97 Å². The first-order chi connectivity index (χ1) is 5.75. The van der Waals surface area contributed by atoms with Crippen molar-refractivity contribution in [2.45, 2.75) is 19.8 Å². The molecule has 0 aliphatic carbocycles. The van der Waals surface area contributed by atoms with Crippen molar-refractivity contribution in [2.75, 3.05) is 6.61 Å². The number of esters is 1. The lowest BCUT2D eigenvalue weighted by Gasteiger charge is -2.06. The second-order valence-corrected chi connectivity index (χ2v) is 3.18. The molecule has 0 aliphatic rings. The summed E-state index contributed by atoms with van der Waals surface area (Å²) < 4.78 is 4.84. The zero-order chi connectivity index (χ0) is 8.97. The maximum Gasteiger partial charge on any atom is 0.315 e. The fraction of sp³-hybridized carbons (Fsp3) is 0.500. The molecule has 1 aromatic heterocycles. The molecule has 3 nitrogen and oxygen atoms in total. The molecule has 1 rings (SSSR count). The van der Waals surface area contributed by atoms with E-state index in [4.69, 9.17) is 4.74 Å². The van der Waals surface area contributed by atoms with Crippen LogP contribution >= 0.6 is 11.3 Å². The first-order valence-electron chi connectivity index (χ1n) is 3.73. The molecule has 1 radical (unpaired) electrons. The molecule has 0 aromatic carbocycles. The van der Waals surface area contributed by atoms with Crippen LogP contribution in [0.3, 0.4) is 0 Å². The number of thiazole rings is 1. The SMILES string of the molecule is CCOC(=O)C(C)c1n[c]cs1. The van der Waals surface area contributed by atoms with E-state index >= 15 is 0 Å². The molecule has 1 aromatic rings. The monoisotopic (exact) mass is 184 g/mol. The fourth-order valence-corrected chi connectivity index (χ4v) is 1.40. The van der Waals surface area contributed by atoms with E-state index in [0.29, 0.717) is 6.61 Å². The van der Waals surface area contributed by atoms with Gasteiger partial charge in [0, 0.05) is 5.38 Å². The van der Waals surface area contributed by atoms with Gasteiger partial charge < -0.3 is 4.74 Å². The highest BCUT2D eigenvalue weighted by Crippen LogP contribution is 2.18. The Morgan fingerprint density at radius 1 is 1.92 bits per heavy atom. The summed E-state index contributed by atoms with van der Waals surface area (Å²) in [4.78, 5) is 15.1. The van der Waals surface area contributed by atoms with Gasteiger partial charge in [0.05, 0.1) is 6.61 Å². The van der Waals surface area contributed by atoms with Crippen LogP contribution in [0.2, 0.25) is 0 Å². The summed E-state index contributed by atoms with van der Waals surface area (Å²) >= 11 is 1.42. The normalized spacial score (nSPS) is 12.5. The lowest BCUT2D eigenvalue weighted by molar-refractivity contribution is -0.144. The van der Waals surface area contributed by atoms with E-state index in [1.54, 1.807) is 19.2 Å². The van der Waals surface area contributed by atoms with Gasteiger partial charge in [-0.3, -0.25) is 4.79 Å². The lowest BCUT2D eigenvalue weighted by Crippen LogP contribution is -2.12. The summed E-state index contributed by atoms with van der Waals surface area (Å²) in [5.41, 5.74) is 0. The number of hydrogen-bond donors (Lipinski definition) is 0. The van der Waals surface area contributed by atoms with Crippen molar-refractivity contribution >= 4 is 17.3 Å². The molecular weight excluding hydrogens is 174 g/mol. The van der Waals surface area contributed by atoms with E-state index in [2.05, 4.69) is 11.2 Å². The van der Waals surface area contributed by atoms with Crippen molar-refractivity contribution in [3.63, 3.8) is 0 Å². The van der Waals surface area contributed by atoms with E-state index < -0.39 is 0 Å². The summed E-state index contributed by atoms with van der Waals surface area (Å²) in [5, 5.41) is 2.49. The average molecular weight is 184 g/mol. The number of nitrogens with zero attached hydrogens (tertiary/aromatic N) is 1. The molecule has 1 atom stereocenters. The number of ether oxygens (including phenoxy) is 1. The van der Waals surface area contributed by atoms with E-state index in [0.717, 1.165) is 5.01 Å². The van der Waals surface area contributed by atoms with Crippen molar-refractivity contribution in [3.05, 3.63) is 16.6 Å². The van der Waals surface area contributed by atoms with E-state index in [1.165, 1.54) is 11.3 Å². The summed E-state index contributed by atoms with van der Waals surface area (Å²) in [6.07, 6.45) is 2.67.